The molecule has 27 heavy (non-hydrogen) atoms. The molecule has 0 bridgehead atoms. The first kappa shape index (κ1) is 20.4. The normalized spacial score (nSPS) is 11.4. The van der Waals surface area contributed by atoms with Gasteiger partial charge in [0.25, 0.3) is 0 Å². The fourth-order valence-corrected chi connectivity index (χ4v) is 2.44. The Kier molecular flexibility index (Phi) is 7.79. The van der Waals surface area contributed by atoms with Crippen molar-refractivity contribution < 1.29 is 22.6 Å². The van der Waals surface area contributed by atoms with Crippen molar-refractivity contribution >= 4 is 5.96 Å². The van der Waals surface area contributed by atoms with Gasteiger partial charge in [0.1, 0.15) is 5.82 Å². The molecule has 0 aliphatic rings. The number of nitrogens with one attached hydrogen (secondary N) is 2. The maximum absolute atomic E-state index is 13.2. The van der Waals surface area contributed by atoms with Gasteiger partial charge in [-0.1, -0.05) is 18.2 Å². The van der Waals surface area contributed by atoms with Crippen molar-refractivity contribution in [1.29, 1.82) is 0 Å². The lowest BCUT2D eigenvalue weighted by molar-refractivity contribution is -0.0512. The molecule has 0 aromatic heterocycles. The van der Waals surface area contributed by atoms with Crippen LogP contribution in [-0.2, 0) is 13.0 Å². The van der Waals surface area contributed by atoms with E-state index in [1.807, 2.05) is 6.07 Å². The van der Waals surface area contributed by atoms with Crippen molar-refractivity contribution in [3.8, 4) is 11.5 Å². The summed E-state index contributed by atoms with van der Waals surface area (Å²) in [6, 6.07) is 11.2. The monoisotopic (exact) mass is 381 g/mol. The summed E-state index contributed by atoms with van der Waals surface area (Å²) in [7, 11) is 3.01. The second-order valence-corrected chi connectivity index (χ2v) is 5.60. The highest BCUT2D eigenvalue weighted by Gasteiger charge is 2.11. The van der Waals surface area contributed by atoms with E-state index in [1.54, 1.807) is 25.2 Å². The number of halogens is 3. The van der Waals surface area contributed by atoms with Crippen molar-refractivity contribution in [2.75, 3.05) is 20.7 Å². The maximum Gasteiger partial charge on any atom is 0.387 e. The highest BCUT2D eigenvalue weighted by atomic mass is 19.3. The number of alkyl halides is 2. The van der Waals surface area contributed by atoms with Crippen LogP contribution in [0.3, 0.4) is 0 Å². The van der Waals surface area contributed by atoms with E-state index in [9.17, 15) is 13.2 Å². The molecule has 0 heterocycles. The number of hydrogen-bond donors (Lipinski definition) is 2. The molecule has 0 radical (unpaired) electrons. The molecule has 0 fully saturated rings. The third-order valence-corrected chi connectivity index (χ3v) is 3.72. The molecule has 0 saturated carbocycles. The van der Waals surface area contributed by atoms with Gasteiger partial charge in [-0.2, -0.15) is 8.78 Å². The SMILES string of the molecule is CN=C(NCCc1cccc(F)c1)NCc1ccc(OC)c(OC(F)F)c1. The van der Waals surface area contributed by atoms with Crippen LogP contribution in [0.1, 0.15) is 11.1 Å². The van der Waals surface area contributed by atoms with E-state index in [0.717, 1.165) is 11.1 Å². The quantitative estimate of drug-likeness (QED) is 0.544. The van der Waals surface area contributed by atoms with E-state index in [-0.39, 0.29) is 17.3 Å². The van der Waals surface area contributed by atoms with E-state index >= 15 is 0 Å². The van der Waals surface area contributed by atoms with Crippen LogP contribution in [0.2, 0.25) is 0 Å². The lowest BCUT2D eigenvalue weighted by atomic mass is 10.1. The Morgan fingerprint density at radius 1 is 1.07 bits per heavy atom. The van der Waals surface area contributed by atoms with Gasteiger partial charge < -0.3 is 20.1 Å². The zero-order valence-electron chi connectivity index (χ0n) is 15.1. The molecule has 0 aliphatic carbocycles. The molecular formula is C19H22F3N3O2. The fraction of sp³-hybridized carbons (Fsp3) is 0.316. The molecule has 0 unspecified atom stereocenters. The van der Waals surface area contributed by atoms with Gasteiger partial charge in [0.15, 0.2) is 17.5 Å². The van der Waals surface area contributed by atoms with Gasteiger partial charge in [-0.25, -0.2) is 4.39 Å². The van der Waals surface area contributed by atoms with Gasteiger partial charge >= 0.3 is 6.61 Å². The summed E-state index contributed by atoms with van der Waals surface area (Å²) in [5, 5.41) is 6.20. The van der Waals surface area contributed by atoms with Gasteiger partial charge in [0, 0.05) is 20.1 Å². The third kappa shape index (κ3) is 6.73. The van der Waals surface area contributed by atoms with E-state index < -0.39 is 6.61 Å². The predicted molar refractivity (Wildman–Crippen MR) is 97.9 cm³/mol. The van der Waals surface area contributed by atoms with E-state index in [4.69, 9.17) is 4.74 Å². The molecule has 146 valence electrons. The smallest absolute Gasteiger partial charge is 0.387 e. The van der Waals surface area contributed by atoms with Crippen LogP contribution in [0.25, 0.3) is 0 Å². The summed E-state index contributed by atoms with van der Waals surface area (Å²) in [5.74, 6) is 0.479. The molecule has 0 amide bonds. The zero-order chi connectivity index (χ0) is 19.6. The Balaban J connectivity index is 1.88. The molecule has 5 nitrogen and oxygen atoms in total. The summed E-state index contributed by atoms with van der Waals surface area (Å²) < 4.78 is 47.6. The Morgan fingerprint density at radius 2 is 1.89 bits per heavy atom. The Bertz CT molecular complexity index is 770. The summed E-state index contributed by atoms with van der Waals surface area (Å²) in [4.78, 5) is 4.10. The van der Waals surface area contributed by atoms with Gasteiger partial charge in [0.05, 0.1) is 7.11 Å². The molecule has 0 atom stereocenters. The number of nitrogens with zero attached hydrogens (tertiary/aromatic N) is 1. The van der Waals surface area contributed by atoms with Crippen LogP contribution < -0.4 is 20.1 Å². The maximum atomic E-state index is 13.2. The lowest BCUT2D eigenvalue weighted by Crippen LogP contribution is -2.37. The molecule has 8 heteroatoms. The molecule has 2 N–H and O–H groups in total. The number of hydrogen-bond acceptors (Lipinski definition) is 3. The van der Waals surface area contributed by atoms with E-state index in [0.29, 0.717) is 25.5 Å². The minimum absolute atomic E-state index is 0.0270. The standard InChI is InChI=1S/C19H22F3N3O2/c1-23-19(24-9-8-13-4-3-5-15(20)10-13)25-12-14-6-7-16(26-2)17(11-14)27-18(21)22/h3-7,10-11,18H,8-9,12H2,1-2H3,(H2,23,24,25). The average Bonchev–Trinajstić information content (AvgIpc) is 2.64. The predicted octanol–water partition coefficient (Wildman–Crippen LogP) is 3.34. The first-order chi connectivity index (χ1) is 13.0. The van der Waals surface area contributed by atoms with Gasteiger partial charge in [-0.3, -0.25) is 4.99 Å². The molecule has 2 aromatic carbocycles. The van der Waals surface area contributed by atoms with Crippen LogP contribution >= 0.6 is 0 Å². The number of guanidine groups is 1. The zero-order valence-corrected chi connectivity index (χ0v) is 15.1. The van der Waals surface area contributed by atoms with Gasteiger partial charge in [0.2, 0.25) is 0 Å². The minimum atomic E-state index is -2.93. The van der Waals surface area contributed by atoms with Crippen molar-refractivity contribution in [2.45, 2.75) is 19.6 Å². The van der Waals surface area contributed by atoms with E-state index in [2.05, 4.69) is 20.4 Å². The number of rotatable bonds is 8. The Hall–Kier alpha value is -2.90. The first-order valence-corrected chi connectivity index (χ1v) is 8.32. The molecule has 0 aliphatic heterocycles. The second kappa shape index (κ2) is 10.3. The van der Waals surface area contributed by atoms with Crippen LogP contribution in [0.15, 0.2) is 47.5 Å². The van der Waals surface area contributed by atoms with Gasteiger partial charge in [-0.05, 0) is 41.8 Å². The highest BCUT2D eigenvalue weighted by Crippen LogP contribution is 2.29. The molecule has 0 saturated heterocycles. The second-order valence-electron chi connectivity index (χ2n) is 5.60. The summed E-state index contributed by atoms with van der Waals surface area (Å²) in [6.07, 6.45) is 0.632. The average molecular weight is 381 g/mol. The highest BCUT2D eigenvalue weighted by molar-refractivity contribution is 5.79. The number of ether oxygens (including phenoxy) is 2. The molecule has 0 spiro atoms. The first-order valence-electron chi connectivity index (χ1n) is 8.32. The number of methoxy groups -OCH3 is 1. The van der Waals surface area contributed by atoms with Crippen LogP contribution in [0.5, 0.6) is 11.5 Å². The Labute approximate surface area is 156 Å². The number of benzene rings is 2. The molecular weight excluding hydrogens is 359 g/mol. The van der Waals surface area contributed by atoms with Crippen LogP contribution in [0.4, 0.5) is 13.2 Å². The number of aliphatic imine (C=N–C) groups is 1. The topological polar surface area (TPSA) is 54.9 Å². The van der Waals surface area contributed by atoms with Crippen molar-refractivity contribution in [3.63, 3.8) is 0 Å². The van der Waals surface area contributed by atoms with E-state index in [1.165, 1.54) is 25.3 Å². The van der Waals surface area contributed by atoms with Crippen LogP contribution in [0, 0.1) is 5.82 Å². The largest absolute Gasteiger partial charge is 0.493 e. The van der Waals surface area contributed by atoms with Crippen molar-refractivity contribution in [2.24, 2.45) is 4.99 Å². The third-order valence-electron chi connectivity index (χ3n) is 3.72. The Morgan fingerprint density at radius 3 is 2.56 bits per heavy atom. The van der Waals surface area contributed by atoms with Crippen molar-refractivity contribution in [1.82, 2.24) is 10.6 Å². The lowest BCUT2D eigenvalue weighted by Gasteiger charge is -2.14. The van der Waals surface area contributed by atoms with Gasteiger partial charge in [-0.15, -0.1) is 0 Å². The minimum Gasteiger partial charge on any atom is -0.493 e. The molecule has 2 rings (SSSR count). The summed E-state index contributed by atoms with van der Waals surface area (Å²) >= 11 is 0. The summed E-state index contributed by atoms with van der Waals surface area (Å²) in [6.45, 7) is -2.02. The molecule has 2 aromatic rings. The fourth-order valence-electron chi connectivity index (χ4n) is 2.44. The summed E-state index contributed by atoms with van der Waals surface area (Å²) in [5.41, 5.74) is 1.60. The van der Waals surface area contributed by atoms with Crippen molar-refractivity contribution in [3.05, 3.63) is 59.4 Å². The van der Waals surface area contributed by atoms with Crippen LogP contribution in [-0.4, -0.2) is 33.3 Å².